The van der Waals surface area contributed by atoms with E-state index in [1.807, 2.05) is 24.3 Å². The van der Waals surface area contributed by atoms with Crippen LogP contribution >= 0.6 is 0 Å². The number of carbonyl (C=O) groups is 1. The van der Waals surface area contributed by atoms with Crippen molar-refractivity contribution >= 4 is 11.6 Å². The van der Waals surface area contributed by atoms with E-state index >= 15 is 0 Å². The molecular weight excluding hydrogens is 305 g/mol. The highest BCUT2D eigenvalue weighted by atomic mass is 19.1. The molecule has 1 N–H and O–H groups in total. The molecule has 0 radical (unpaired) electrons. The van der Waals surface area contributed by atoms with Crippen molar-refractivity contribution in [2.75, 3.05) is 5.32 Å². The van der Waals surface area contributed by atoms with Gasteiger partial charge in [0.15, 0.2) is 5.69 Å². The number of amides is 1. The largest absolute Gasteiger partial charge is 0.321 e. The molecule has 0 bridgehead atoms. The van der Waals surface area contributed by atoms with Gasteiger partial charge in [-0.1, -0.05) is 25.5 Å². The van der Waals surface area contributed by atoms with Crippen molar-refractivity contribution in [3.8, 4) is 5.69 Å². The summed E-state index contributed by atoms with van der Waals surface area (Å²) in [6.07, 6.45) is 3.79. The normalized spacial score (nSPS) is 10.6. The molecule has 5 heteroatoms. The third-order valence-electron chi connectivity index (χ3n) is 3.66. The lowest BCUT2D eigenvalue weighted by Crippen LogP contribution is -2.13. The van der Waals surface area contributed by atoms with Gasteiger partial charge in [0.05, 0.1) is 5.69 Å². The maximum Gasteiger partial charge on any atom is 0.276 e. The minimum absolute atomic E-state index is 0.279. The summed E-state index contributed by atoms with van der Waals surface area (Å²) in [6.45, 7) is 2.13. The van der Waals surface area contributed by atoms with E-state index in [0.717, 1.165) is 18.5 Å². The topological polar surface area (TPSA) is 46.9 Å². The molecule has 0 aliphatic rings. The Morgan fingerprint density at radius 2 is 1.79 bits per heavy atom. The number of hydrogen-bond acceptors (Lipinski definition) is 2. The summed E-state index contributed by atoms with van der Waals surface area (Å²) in [5.41, 5.74) is 2.98. The Hall–Kier alpha value is -2.95. The Morgan fingerprint density at radius 3 is 2.46 bits per heavy atom. The molecule has 0 aliphatic carbocycles. The first-order valence-corrected chi connectivity index (χ1v) is 7.87. The Kier molecular flexibility index (Phi) is 4.70. The molecule has 122 valence electrons. The first kappa shape index (κ1) is 15.9. The molecule has 4 nitrogen and oxygen atoms in total. The number of nitrogens with one attached hydrogen (secondary N) is 1. The van der Waals surface area contributed by atoms with Crippen molar-refractivity contribution in [3.63, 3.8) is 0 Å². The van der Waals surface area contributed by atoms with Gasteiger partial charge in [-0.05, 0) is 54.4 Å². The predicted molar refractivity (Wildman–Crippen MR) is 91.9 cm³/mol. The molecule has 1 heterocycles. The number of benzene rings is 2. The Labute approximate surface area is 139 Å². The number of aryl methyl sites for hydroxylation is 1. The highest BCUT2D eigenvalue weighted by Gasteiger charge is 2.10. The minimum atomic E-state index is -0.310. The van der Waals surface area contributed by atoms with Crippen LogP contribution in [0.25, 0.3) is 5.69 Å². The molecule has 1 aromatic heterocycles. The van der Waals surface area contributed by atoms with Gasteiger partial charge in [-0.15, -0.1) is 0 Å². The first-order chi connectivity index (χ1) is 11.7. The monoisotopic (exact) mass is 323 g/mol. The number of aromatic nitrogens is 2. The van der Waals surface area contributed by atoms with E-state index in [9.17, 15) is 9.18 Å². The van der Waals surface area contributed by atoms with E-state index in [2.05, 4.69) is 17.3 Å². The maximum atomic E-state index is 13.0. The summed E-state index contributed by atoms with van der Waals surface area (Å²) >= 11 is 0. The molecule has 3 aromatic rings. The second-order valence-corrected chi connectivity index (χ2v) is 5.52. The van der Waals surface area contributed by atoms with Crippen LogP contribution in [0.1, 0.15) is 29.4 Å². The van der Waals surface area contributed by atoms with Crippen LogP contribution in [0.4, 0.5) is 10.1 Å². The van der Waals surface area contributed by atoms with E-state index < -0.39 is 0 Å². The zero-order valence-corrected chi connectivity index (χ0v) is 13.4. The summed E-state index contributed by atoms with van der Waals surface area (Å²) in [5, 5.41) is 7.06. The Bertz CT molecular complexity index is 823. The van der Waals surface area contributed by atoms with Crippen molar-refractivity contribution in [1.29, 1.82) is 0 Å². The molecule has 0 spiro atoms. The number of anilines is 1. The van der Waals surface area contributed by atoms with E-state index in [4.69, 9.17) is 0 Å². The summed E-state index contributed by atoms with van der Waals surface area (Å²) in [5.74, 6) is -0.588. The summed E-state index contributed by atoms with van der Waals surface area (Å²) in [6, 6.07) is 15.4. The van der Waals surface area contributed by atoms with Crippen molar-refractivity contribution in [2.45, 2.75) is 19.8 Å². The summed E-state index contributed by atoms with van der Waals surface area (Å²) in [7, 11) is 0. The molecule has 0 saturated carbocycles. The lowest BCUT2D eigenvalue weighted by molar-refractivity contribution is 0.102. The van der Waals surface area contributed by atoms with Crippen LogP contribution in [-0.2, 0) is 6.42 Å². The summed E-state index contributed by atoms with van der Waals surface area (Å²) < 4.78 is 14.5. The number of nitrogens with zero attached hydrogens (tertiary/aromatic N) is 2. The maximum absolute atomic E-state index is 13.0. The number of carbonyl (C=O) groups excluding carboxylic acids is 1. The first-order valence-electron chi connectivity index (χ1n) is 7.87. The van der Waals surface area contributed by atoms with Crippen molar-refractivity contribution in [1.82, 2.24) is 9.78 Å². The van der Waals surface area contributed by atoms with Crippen LogP contribution in [0.3, 0.4) is 0 Å². The van der Waals surface area contributed by atoms with Gasteiger partial charge < -0.3 is 5.32 Å². The van der Waals surface area contributed by atoms with E-state index in [-0.39, 0.29) is 11.7 Å². The quantitative estimate of drug-likeness (QED) is 0.764. The van der Waals surface area contributed by atoms with Gasteiger partial charge in [0, 0.05) is 11.9 Å². The Balaban J connectivity index is 1.70. The van der Waals surface area contributed by atoms with Gasteiger partial charge in [-0.2, -0.15) is 5.10 Å². The third kappa shape index (κ3) is 3.68. The SMILES string of the molecule is CCCc1ccc(NC(=O)c2ccn(-c3ccc(F)cc3)n2)cc1. The van der Waals surface area contributed by atoms with Crippen LogP contribution in [0.2, 0.25) is 0 Å². The molecule has 3 rings (SSSR count). The second-order valence-electron chi connectivity index (χ2n) is 5.52. The average molecular weight is 323 g/mol. The number of hydrogen-bond donors (Lipinski definition) is 1. The van der Waals surface area contributed by atoms with Crippen LogP contribution in [0.5, 0.6) is 0 Å². The molecule has 2 aromatic carbocycles. The van der Waals surface area contributed by atoms with Gasteiger partial charge in [0.25, 0.3) is 5.91 Å². The molecule has 0 atom stereocenters. The molecule has 0 saturated heterocycles. The smallest absolute Gasteiger partial charge is 0.276 e. The van der Waals surface area contributed by atoms with Crippen molar-refractivity contribution < 1.29 is 9.18 Å². The lowest BCUT2D eigenvalue weighted by atomic mass is 10.1. The van der Waals surface area contributed by atoms with Crippen LogP contribution in [-0.4, -0.2) is 15.7 Å². The molecule has 0 unspecified atom stereocenters. The number of halogens is 1. The van der Waals surface area contributed by atoms with Gasteiger partial charge in [-0.25, -0.2) is 9.07 Å². The van der Waals surface area contributed by atoms with Crippen LogP contribution in [0.15, 0.2) is 60.8 Å². The van der Waals surface area contributed by atoms with E-state index in [0.29, 0.717) is 11.4 Å². The molecule has 0 aliphatic heterocycles. The molecule has 1 amide bonds. The van der Waals surface area contributed by atoms with Crippen LogP contribution in [0, 0.1) is 5.82 Å². The Morgan fingerprint density at radius 1 is 1.08 bits per heavy atom. The minimum Gasteiger partial charge on any atom is -0.321 e. The third-order valence-corrected chi connectivity index (χ3v) is 3.66. The zero-order valence-electron chi connectivity index (χ0n) is 13.4. The van der Waals surface area contributed by atoms with Gasteiger partial charge in [0.1, 0.15) is 5.82 Å². The molecular formula is C19H18FN3O. The average Bonchev–Trinajstić information content (AvgIpc) is 3.08. The van der Waals surface area contributed by atoms with E-state index in [1.165, 1.54) is 17.7 Å². The highest BCUT2D eigenvalue weighted by molar-refractivity contribution is 6.02. The van der Waals surface area contributed by atoms with Crippen molar-refractivity contribution in [3.05, 3.63) is 77.9 Å². The van der Waals surface area contributed by atoms with Crippen LogP contribution < -0.4 is 5.32 Å². The highest BCUT2D eigenvalue weighted by Crippen LogP contribution is 2.13. The lowest BCUT2D eigenvalue weighted by Gasteiger charge is -2.05. The fraction of sp³-hybridized carbons (Fsp3) is 0.158. The van der Waals surface area contributed by atoms with E-state index in [1.54, 1.807) is 29.1 Å². The molecule has 0 fully saturated rings. The molecule has 24 heavy (non-hydrogen) atoms. The zero-order chi connectivity index (χ0) is 16.9. The fourth-order valence-corrected chi connectivity index (χ4v) is 2.42. The number of rotatable bonds is 5. The van der Waals surface area contributed by atoms with Gasteiger partial charge in [0.2, 0.25) is 0 Å². The van der Waals surface area contributed by atoms with Crippen molar-refractivity contribution in [2.24, 2.45) is 0 Å². The predicted octanol–water partition coefficient (Wildman–Crippen LogP) is 4.22. The fourth-order valence-electron chi connectivity index (χ4n) is 2.42. The van der Waals surface area contributed by atoms with Gasteiger partial charge >= 0.3 is 0 Å². The van der Waals surface area contributed by atoms with Gasteiger partial charge in [-0.3, -0.25) is 4.79 Å². The second kappa shape index (κ2) is 7.08. The standard InChI is InChI=1S/C19H18FN3O/c1-2-3-14-4-8-16(9-5-14)21-19(24)18-12-13-23(22-18)17-10-6-15(20)7-11-17/h4-13H,2-3H2,1H3,(H,21,24). The summed E-state index contributed by atoms with van der Waals surface area (Å²) in [4.78, 5) is 12.3.